The Kier molecular flexibility index (Phi) is 3.10. The second-order valence-electron chi connectivity index (χ2n) is 3.68. The van der Waals surface area contributed by atoms with E-state index in [2.05, 4.69) is 5.32 Å². The number of amides is 1. The predicted octanol–water partition coefficient (Wildman–Crippen LogP) is 1.60. The van der Waals surface area contributed by atoms with Gasteiger partial charge in [0.2, 0.25) is 0 Å². The molecule has 1 amide bonds. The highest BCUT2D eigenvalue weighted by Crippen LogP contribution is 2.25. The lowest BCUT2D eigenvalue weighted by Crippen LogP contribution is -2.26. The van der Waals surface area contributed by atoms with Gasteiger partial charge in [-0.25, -0.2) is 4.39 Å². The highest BCUT2D eigenvalue weighted by molar-refractivity contribution is 5.98. The maximum atomic E-state index is 13.1. The van der Waals surface area contributed by atoms with Crippen LogP contribution in [-0.4, -0.2) is 24.2 Å². The summed E-state index contributed by atoms with van der Waals surface area (Å²) in [5, 5.41) is 11.7. The zero-order valence-corrected chi connectivity index (χ0v) is 9.29. The minimum Gasteiger partial charge on any atom is -0.451 e. The molecule has 1 aromatic heterocycles. The van der Waals surface area contributed by atoms with Gasteiger partial charge >= 0.3 is 0 Å². The maximum Gasteiger partial charge on any atom is 0.287 e. The molecular weight excluding hydrogens is 225 g/mol. The molecule has 0 spiro atoms. The van der Waals surface area contributed by atoms with Gasteiger partial charge in [-0.2, -0.15) is 0 Å². The Balaban J connectivity index is 2.42. The van der Waals surface area contributed by atoms with Gasteiger partial charge in [-0.05, 0) is 25.1 Å². The minimum absolute atomic E-state index is 0.139. The molecule has 0 atom stereocenters. The number of carbonyl (C=O) groups excluding carboxylic acids is 1. The smallest absolute Gasteiger partial charge is 0.287 e. The van der Waals surface area contributed by atoms with E-state index in [1.807, 2.05) is 0 Å². The van der Waals surface area contributed by atoms with Gasteiger partial charge in [0.15, 0.2) is 5.76 Å². The van der Waals surface area contributed by atoms with Crippen molar-refractivity contribution in [2.24, 2.45) is 0 Å². The molecule has 0 aliphatic rings. The SMILES string of the molecule is Cc1c(C(=O)NCCO)oc2ccc(F)cc12. The molecule has 0 radical (unpaired) electrons. The number of nitrogens with one attached hydrogen (secondary N) is 1. The van der Waals surface area contributed by atoms with Crippen LogP contribution in [0.2, 0.25) is 0 Å². The quantitative estimate of drug-likeness (QED) is 0.852. The summed E-state index contributed by atoms with van der Waals surface area (Å²) in [7, 11) is 0. The summed E-state index contributed by atoms with van der Waals surface area (Å²) in [6.45, 7) is 1.71. The zero-order valence-electron chi connectivity index (χ0n) is 9.29. The summed E-state index contributed by atoms with van der Waals surface area (Å²) >= 11 is 0. The fourth-order valence-corrected chi connectivity index (χ4v) is 1.66. The summed E-state index contributed by atoms with van der Waals surface area (Å²) in [6, 6.07) is 4.10. The average molecular weight is 237 g/mol. The van der Waals surface area contributed by atoms with E-state index in [0.717, 1.165) is 0 Å². The first kappa shape index (κ1) is 11.6. The number of furan rings is 1. The van der Waals surface area contributed by atoms with Gasteiger partial charge < -0.3 is 14.8 Å². The molecule has 0 bridgehead atoms. The third-order valence-electron chi connectivity index (χ3n) is 2.50. The van der Waals surface area contributed by atoms with Gasteiger partial charge in [0.05, 0.1) is 6.61 Å². The molecule has 1 aromatic carbocycles. The van der Waals surface area contributed by atoms with E-state index in [1.165, 1.54) is 18.2 Å². The number of hydrogen-bond acceptors (Lipinski definition) is 3. The molecule has 2 aromatic rings. The van der Waals surface area contributed by atoms with Gasteiger partial charge in [0.1, 0.15) is 11.4 Å². The molecule has 2 rings (SSSR count). The first-order valence-electron chi connectivity index (χ1n) is 5.21. The Morgan fingerprint density at radius 2 is 2.29 bits per heavy atom. The van der Waals surface area contributed by atoms with Gasteiger partial charge in [0, 0.05) is 17.5 Å². The highest BCUT2D eigenvalue weighted by atomic mass is 19.1. The number of halogens is 1. The molecule has 1 heterocycles. The van der Waals surface area contributed by atoms with Crippen LogP contribution in [0.25, 0.3) is 11.0 Å². The van der Waals surface area contributed by atoms with Crippen molar-refractivity contribution in [2.45, 2.75) is 6.92 Å². The molecule has 2 N–H and O–H groups in total. The van der Waals surface area contributed by atoms with E-state index < -0.39 is 5.91 Å². The number of fused-ring (bicyclic) bond motifs is 1. The van der Waals surface area contributed by atoms with E-state index >= 15 is 0 Å². The average Bonchev–Trinajstić information content (AvgIpc) is 2.64. The van der Waals surface area contributed by atoms with E-state index in [1.54, 1.807) is 6.92 Å². The molecule has 0 saturated heterocycles. The molecule has 0 saturated carbocycles. The third-order valence-corrected chi connectivity index (χ3v) is 2.50. The van der Waals surface area contributed by atoms with Crippen LogP contribution in [0.1, 0.15) is 16.1 Å². The van der Waals surface area contributed by atoms with E-state index in [0.29, 0.717) is 16.5 Å². The molecule has 0 unspecified atom stereocenters. The van der Waals surface area contributed by atoms with Crippen LogP contribution in [0.15, 0.2) is 22.6 Å². The van der Waals surface area contributed by atoms with Crippen molar-refractivity contribution < 1.29 is 18.7 Å². The molecule has 17 heavy (non-hydrogen) atoms. The third kappa shape index (κ3) is 2.14. The van der Waals surface area contributed by atoms with Gasteiger partial charge in [-0.1, -0.05) is 0 Å². The molecule has 0 aliphatic carbocycles. The predicted molar refractivity (Wildman–Crippen MR) is 60.3 cm³/mol. The fourth-order valence-electron chi connectivity index (χ4n) is 1.66. The largest absolute Gasteiger partial charge is 0.451 e. The monoisotopic (exact) mass is 237 g/mol. The number of hydrogen-bond donors (Lipinski definition) is 2. The number of carbonyl (C=O) groups is 1. The van der Waals surface area contributed by atoms with Crippen LogP contribution in [0.3, 0.4) is 0 Å². The lowest BCUT2D eigenvalue weighted by molar-refractivity contribution is 0.0918. The number of benzene rings is 1. The van der Waals surface area contributed by atoms with Gasteiger partial charge in [-0.3, -0.25) is 4.79 Å². The van der Waals surface area contributed by atoms with Crippen molar-refractivity contribution in [1.29, 1.82) is 0 Å². The summed E-state index contributed by atoms with van der Waals surface area (Å²) in [5.41, 5.74) is 1.06. The lowest BCUT2D eigenvalue weighted by atomic mass is 10.1. The minimum atomic E-state index is -0.409. The van der Waals surface area contributed by atoms with Crippen molar-refractivity contribution in [3.05, 3.63) is 35.3 Å². The van der Waals surface area contributed by atoms with Crippen molar-refractivity contribution in [3.8, 4) is 0 Å². The lowest BCUT2D eigenvalue weighted by Gasteiger charge is -2.00. The summed E-state index contributed by atoms with van der Waals surface area (Å²) in [4.78, 5) is 11.7. The summed E-state index contributed by atoms with van der Waals surface area (Å²) in [6.07, 6.45) is 0. The van der Waals surface area contributed by atoms with E-state index in [9.17, 15) is 9.18 Å². The molecule has 0 aliphatic heterocycles. The summed E-state index contributed by atoms with van der Waals surface area (Å²) < 4.78 is 18.4. The zero-order chi connectivity index (χ0) is 12.4. The number of aliphatic hydroxyl groups excluding tert-OH is 1. The highest BCUT2D eigenvalue weighted by Gasteiger charge is 2.17. The molecule has 4 nitrogen and oxygen atoms in total. The second-order valence-corrected chi connectivity index (χ2v) is 3.68. The van der Waals surface area contributed by atoms with Crippen molar-refractivity contribution in [1.82, 2.24) is 5.32 Å². The van der Waals surface area contributed by atoms with E-state index in [4.69, 9.17) is 9.52 Å². The normalized spacial score (nSPS) is 10.8. The standard InChI is InChI=1S/C12H12FNO3/c1-7-9-6-8(13)2-3-10(9)17-11(7)12(16)14-4-5-15/h2-3,6,15H,4-5H2,1H3,(H,14,16). The van der Waals surface area contributed by atoms with Crippen molar-refractivity contribution >= 4 is 16.9 Å². The molecule has 90 valence electrons. The first-order chi connectivity index (χ1) is 8.13. The van der Waals surface area contributed by atoms with Crippen LogP contribution in [0.5, 0.6) is 0 Å². The Bertz CT molecular complexity index is 562. The molecular formula is C12H12FNO3. The maximum absolute atomic E-state index is 13.1. The second kappa shape index (κ2) is 4.55. The van der Waals surface area contributed by atoms with Crippen LogP contribution >= 0.6 is 0 Å². The van der Waals surface area contributed by atoms with E-state index in [-0.39, 0.29) is 24.7 Å². The first-order valence-corrected chi connectivity index (χ1v) is 5.21. The number of rotatable bonds is 3. The Labute approximate surface area is 97.0 Å². The van der Waals surface area contributed by atoms with Crippen LogP contribution in [0, 0.1) is 12.7 Å². The van der Waals surface area contributed by atoms with Gasteiger partial charge in [-0.15, -0.1) is 0 Å². The topological polar surface area (TPSA) is 62.5 Å². The fraction of sp³-hybridized carbons (Fsp3) is 0.250. The Hall–Kier alpha value is -1.88. The Morgan fingerprint density at radius 1 is 1.53 bits per heavy atom. The van der Waals surface area contributed by atoms with Crippen molar-refractivity contribution in [3.63, 3.8) is 0 Å². The molecule has 0 fully saturated rings. The van der Waals surface area contributed by atoms with Crippen LogP contribution in [0.4, 0.5) is 4.39 Å². The molecule has 5 heteroatoms. The summed E-state index contributed by atoms with van der Waals surface area (Å²) in [5.74, 6) is -0.629. The number of aliphatic hydroxyl groups is 1. The Morgan fingerprint density at radius 3 is 3.00 bits per heavy atom. The van der Waals surface area contributed by atoms with Crippen LogP contribution < -0.4 is 5.32 Å². The van der Waals surface area contributed by atoms with Gasteiger partial charge in [0.25, 0.3) is 5.91 Å². The van der Waals surface area contributed by atoms with Crippen molar-refractivity contribution in [2.75, 3.05) is 13.2 Å². The van der Waals surface area contributed by atoms with Crippen LogP contribution in [-0.2, 0) is 0 Å². The number of aryl methyl sites for hydroxylation is 1.